The normalized spacial score (nSPS) is 11.0. The Kier molecular flexibility index (Phi) is 4.73. The van der Waals surface area contributed by atoms with Crippen LogP contribution in [-0.4, -0.2) is 9.55 Å². The van der Waals surface area contributed by atoms with E-state index in [1.807, 2.05) is 4.57 Å². The van der Waals surface area contributed by atoms with E-state index in [0.29, 0.717) is 23.6 Å². The lowest BCUT2D eigenvalue weighted by atomic mass is 10.1. The molecular formula is C16H19F2N3. The van der Waals surface area contributed by atoms with Crippen LogP contribution in [-0.2, 0) is 13.0 Å². The van der Waals surface area contributed by atoms with Crippen molar-refractivity contribution in [3.8, 4) is 11.3 Å². The van der Waals surface area contributed by atoms with Crippen LogP contribution in [0.5, 0.6) is 0 Å². The average molecular weight is 291 g/mol. The van der Waals surface area contributed by atoms with Crippen molar-refractivity contribution in [3.05, 3.63) is 48.3 Å². The highest BCUT2D eigenvalue weighted by molar-refractivity contribution is 5.71. The Hall–Kier alpha value is -2.17. The number of anilines is 1. The van der Waals surface area contributed by atoms with E-state index >= 15 is 0 Å². The van der Waals surface area contributed by atoms with Crippen LogP contribution >= 0.6 is 0 Å². The maximum atomic E-state index is 12.8. The molecule has 21 heavy (non-hydrogen) atoms. The van der Waals surface area contributed by atoms with Gasteiger partial charge in [0.15, 0.2) is 0 Å². The molecule has 2 N–H and O–H groups in total. The zero-order chi connectivity index (χ0) is 15.4. The van der Waals surface area contributed by atoms with Gasteiger partial charge in [-0.3, -0.25) is 0 Å². The van der Waals surface area contributed by atoms with Gasteiger partial charge in [-0.2, -0.15) is 0 Å². The van der Waals surface area contributed by atoms with E-state index in [1.54, 1.807) is 18.2 Å². The fourth-order valence-electron chi connectivity index (χ4n) is 2.29. The second-order valence-electron chi connectivity index (χ2n) is 4.84. The van der Waals surface area contributed by atoms with Crippen LogP contribution in [0, 0.1) is 0 Å². The van der Waals surface area contributed by atoms with Gasteiger partial charge < -0.3 is 10.3 Å². The number of hydrogen-bond donors (Lipinski definition) is 1. The summed E-state index contributed by atoms with van der Waals surface area (Å²) in [6.45, 7) is 6.33. The van der Waals surface area contributed by atoms with Gasteiger partial charge in [-0.15, -0.1) is 6.58 Å². The Balaban J connectivity index is 2.50. The molecule has 0 aliphatic heterocycles. The van der Waals surface area contributed by atoms with Crippen LogP contribution in [0.4, 0.5) is 14.6 Å². The molecule has 0 atom stereocenters. The maximum absolute atomic E-state index is 12.8. The largest absolute Gasteiger partial charge is 0.383 e. The standard InChI is InChI=1S/C16H19F2N3/c1-3-6-13-20-14(16(19)21(13)9-4-2)11-7-5-8-12(10-11)15(17)18/h4-5,7-8,10,15H,2-3,6,9,19H2,1H3. The zero-order valence-corrected chi connectivity index (χ0v) is 12.0. The number of aryl methyl sites for hydroxylation is 1. The minimum absolute atomic E-state index is 0.0257. The van der Waals surface area contributed by atoms with Crippen molar-refractivity contribution in [3.63, 3.8) is 0 Å². The Bertz CT molecular complexity index is 632. The average Bonchev–Trinajstić information content (AvgIpc) is 2.77. The minimum atomic E-state index is -2.50. The molecule has 2 aromatic rings. The van der Waals surface area contributed by atoms with Gasteiger partial charge in [-0.05, 0) is 12.5 Å². The van der Waals surface area contributed by atoms with E-state index in [9.17, 15) is 8.78 Å². The quantitative estimate of drug-likeness (QED) is 0.810. The van der Waals surface area contributed by atoms with Gasteiger partial charge in [0.2, 0.25) is 0 Å². The number of halogens is 2. The summed E-state index contributed by atoms with van der Waals surface area (Å²) < 4.78 is 27.5. The lowest BCUT2D eigenvalue weighted by molar-refractivity contribution is 0.151. The Labute approximate surface area is 123 Å². The van der Waals surface area contributed by atoms with Crippen molar-refractivity contribution in [2.75, 3.05) is 5.73 Å². The maximum Gasteiger partial charge on any atom is 0.263 e. The molecule has 1 aromatic heterocycles. The molecule has 3 nitrogen and oxygen atoms in total. The first-order valence-corrected chi connectivity index (χ1v) is 6.92. The molecule has 1 aromatic carbocycles. The number of nitrogens with zero attached hydrogens (tertiary/aromatic N) is 2. The zero-order valence-electron chi connectivity index (χ0n) is 12.0. The van der Waals surface area contributed by atoms with E-state index in [0.717, 1.165) is 18.7 Å². The van der Waals surface area contributed by atoms with E-state index in [-0.39, 0.29) is 5.56 Å². The summed E-state index contributed by atoms with van der Waals surface area (Å²) in [6.07, 6.45) is 0.962. The first-order valence-electron chi connectivity index (χ1n) is 6.92. The molecule has 0 radical (unpaired) electrons. The lowest BCUT2D eigenvalue weighted by Gasteiger charge is -2.06. The third-order valence-electron chi connectivity index (χ3n) is 3.28. The van der Waals surface area contributed by atoms with E-state index in [2.05, 4.69) is 18.5 Å². The number of rotatable bonds is 6. The predicted octanol–water partition coefficient (Wildman–Crippen LogP) is 4.21. The summed E-state index contributed by atoms with van der Waals surface area (Å²) in [6, 6.07) is 6.19. The first kappa shape index (κ1) is 15.2. The summed E-state index contributed by atoms with van der Waals surface area (Å²) in [5.74, 6) is 1.34. The van der Waals surface area contributed by atoms with Gasteiger partial charge in [-0.1, -0.05) is 31.2 Å². The highest BCUT2D eigenvalue weighted by Gasteiger charge is 2.16. The predicted molar refractivity (Wildman–Crippen MR) is 81.2 cm³/mol. The Morgan fingerprint density at radius 2 is 2.19 bits per heavy atom. The highest BCUT2D eigenvalue weighted by Crippen LogP contribution is 2.30. The number of allylic oxidation sites excluding steroid dienone is 1. The van der Waals surface area contributed by atoms with Gasteiger partial charge in [0.1, 0.15) is 17.3 Å². The lowest BCUT2D eigenvalue weighted by Crippen LogP contribution is -2.05. The van der Waals surface area contributed by atoms with E-state index in [1.165, 1.54) is 12.1 Å². The van der Waals surface area contributed by atoms with E-state index < -0.39 is 6.43 Å². The fourth-order valence-corrected chi connectivity index (χ4v) is 2.29. The summed E-state index contributed by atoms with van der Waals surface area (Å²) in [4.78, 5) is 4.53. The van der Waals surface area contributed by atoms with Crippen molar-refractivity contribution >= 4 is 5.82 Å². The van der Waals surface area contributed by atoms with Crippen molar-refractivity contribution in [1.29, 1.82) is 0 Å². The minimum Gasteiger partial charge on any atom is -0.383 e. The second kappa shape index (κ2) is 6.52. The Morgan fingerprint density at radius 1 is 1.43 bits per heavy atom. The molecule has 2 rings (SSSR count). The number of hydrogen-bond acceptors (Lipinski definition) is 2. The van der Waals surface area contributed by atoms with Gasteiger partial charge in [0, 0.05) is 24.1 Å². The molecular weight excluding hydrogens is 272 g/mol. The monoisotopic (exact) mass is 291 g/mol. The number of aromatic nitrogens is 2. The summed E-state index contributed by atoms with van der Waals surface area (Å²) in [7, 11) is 0. The molecule has 0 unspecified atom stereocenters. The molecule has 5 heteroatoms. The smallest absolute Gasteiger partial charge is 0.263 e. The van der Waals surface area contributed by atoms with E-state index in [4.69, 9.17) is 5.73 Å². The molecule has 0 saturated heterocycles. The fraction of sp³-hybridized carbons (Fsp3) is 0.312. The third-order valence-corrected chi connectivity index (χ3v) is 3.28. The topological polar surface area (TPSA) is 43.8 Å². The van der Waals surface area contributed by atoms with Crippen LogP contribution in [0.1, 0.15) is 31.2 Å². The van der Waals surface area contributed by atoms with Crippen molar-refractivity contribution in [2.24, 2.45) is 0 Å². The summed E-state index contributed by atoms with van der Waals surface area (Å²) >= 11 is 0. The summed E-state index contributed by atoms with van der Waals surface area (Å²) in [5, 5.41) is 0. The SMILES string of the molecule is C=CCn1c(CCC)nc(-c2cccc(C(F)F)c2)c1N. The van der Waals surface area contributed by atoms with Crippen LogP contribution in [0.3, 0.4) is 0 Å². The molecule has 0 bridgehead atoms. The van der Waals surface area contributed by atoms with Crippen LogP contribution in [0.25, 0.3) is 11.3 Å². The number of nitrogens with two attached hydrogens (primary N) is 1. The molecule has 0 fully saturated rings. The molecule has 0 aliphatic carbocycles. The first-order chi connectivity index (χ1) is 10.1. The molecule has 1 heterocycles. The van der Waals surface area contributed by atoms with Crippen LogP contribution < -0.4 is 5.73 Å². The van der Waals surface area contributed by atoms with Crippen molar-refractivity contribution in [2.45, 2.75) is 32.7 Å². The molecule has 0 saturated carbocycles. The third kappa shape index (κ3) is 3.12. The van der Waals surface area contributed by atoms with Crippen LogP contribution in [0.15, 0.2) is 36.9 Å². The van der Waals surface area contributed by atoms with Crippen molar-refractivity contribution < 1.29 is 8.78 Å². The molecule has 0 amide bonds. The van der Waals surface area contributed by atoms with Crippen LogP contribution in [0.2, 0.25) is 0 Å². The van der Waals surface area contributed by atoms with Gasteiger partial charge in [0.25, 0.3) is 6.43 Å². The number of nitrogen functional groups attached to an aromatic ring is 1. The molecule has 0 spiro atoms. The van der Waals surface area contributed by atoms with Gasteiger partial charge in [-0.25, -0.2) is 13.8 Å². The molecule has 112 valence electrons. The second-order valence-corrected chi connectivity index (χ2v) is 4.84. The van der Waals surface area contributed by atoms with Crippen molar-refractivity contribution in [1.82, 2.24) is 9.55 Å². The number of benzene rings is 1. The molecule has 0 aliphatic rings. The number of imidazole rings is 1. The summed E-state index contributed by atoms with van der Waals surface area (Å²) in [5.41, 5.74) is 7.29. The van der Waals surface area contributed by atoms with Gasteiger partial charge in [0.05, 0.1) is 0 Å². The Morgan fingerprint density at radius 3 is 2.81 bits per heavy atom. The number of alkyl halides is 2. The highest BCUT2D eigenvalue weighted by atomic mass is 19.3. The van der Waals surface area contributed by atoms with Gasteiger partial charge >= 0.3 is 0 Å².